The van der Waals surface area contributed by atoms with Gasteiger partial charge in [-0.2, -0.15) is 13.2 Å². The third kappa shape index (κ3) is 3.07. The predicted octanol–water partition coefficient (Wildman–Crippen LogP) is 3.42. The summed E-state index contributed by atoms with van der Waals surface area (Å²) < 4.78 is 49.1. The molecule has 8 heteroatoms. The van der Waals surface area contributed by atoms with Crippen LogP contribution in [0.5, 0.6) is 0 Å². The van der Waals surface area contributed by atoms with Crippen LogP contribution >= 0.6 is 0 Å². The Hall–Kier alpha value is -2.77. The molecule has 0 spiro atoms. The smallest absolute Gasteiger partial charge is 0.416 e. The molecule has 1 unspecified atom stereocenters. The number of hydrogen-bond donors (Lipinski definition) is 1. The van der Waals surface area contributed by atoms with E-state index in [2.05, 4.69) is 0 Å². The molecule has 1 aliphatic heterocycles. The van der Waals surface area contributed by atoms with Crippen molar-refractivity contribution in [1.82, 2.24) is 0 Å². The normalized spacial score (nSPS) is 20.2. The van der Waals surface area contributed by atoms with Crippen molar-refractivity contribution in [3.05, 3.63) is 57.9 Å². The van der Waals surface area contributed by atoms with Gasteiger partial charge in [0.2, 0.25) is 0 Å². The second-order valence-corrected chi connectivity index (χ2v) is 5.91. The quantitative estimate of drug-likeness (QED) is 0.828. The molecule has 0 fully saturated rings. The van der Waals surface area contributed by atoms with Crippen molar-refractivity contribution in [1.29, 1.82) is 0 Å². The van der Waals surface area contributed by atoms with E-state index in [1.165, 1.54) is 12.1 Å². The molecule has 2 aliphatic rings. The number of ether oxygens (including phenoxy) is 2. The molecule has 1 atom stereocenters. The van der Waals surface area contributed by atoms with Gasteiger partial charge in [-0.05, 0) is 24.1 Å². The zero-order chi connectivity index (χ0) is 19.1. The average Bonchev–Trinajstić information content (AvgIpc) is 2.93. The summed E-state index contributed by atoms with van der Waals surface area (Å²) in [6.45, 7) is 1.51. The number of hydrogen-bond acceptors (Lipinski definition) is 5. The number of alkyl halides is 3. The van der Waals surface area contributed by atoms with Gasteiger partial charge in [0.15, 0.2) is 0 Å². The van der Waals surface area contributed by atoms with Gasteiger partial charge in [-0.15, -0.1) is 0 Å². The number of allylic oxidation sites excluding steroid dienone is 1. The molecule has 0 radical (unpaired) electrons. The number of benzene rings is 1. The van der Waals surface area contributed by atoms with Crippen molar-refractivity contribution < 1.29 is 37.3 Å². The first-order chi connectivity index (χ1) is 12.2. The van der Waals surface area contributed by atoms with E-state index < -0.39 is 29.6 Å². The number of carbonyl (C=O) groups is 2. The van der Waals surface area contributed by atoms with E-state index in [-0.39, 0.29) is 42.1 Å². The Morgan fingerprint density at radius 2 is 2.12 bits per heavy atom. The number of rotatable bonds is 3. The number of aliphatic hydroxyl groups is 1. The summed E-state index contributed by atoms with van der Waals surface area (Å²) in [5.74, 6) is -3.09. The van der Waals surface area contributed by atoms with Crippen molar-refractivity contribution in [3.8, 4) is 0 Å². The van der Waals surface area contributed by atoms with Crippen LogP contribution in [-0.4, -0.2) is 30.3 Å². The fourth-order valence-corrected chi connectivity index (χ4v) is 3.20. The summed E-state index contributed by atoms with van der Waals surface area (Å²) in [7, 11) is 0. The van der Waals surface area contributed by atoms with E-state index in [1.807, 2.05) is 0 Å². The highest BCUT2D eigenvalue weighted by Gasteiger charge is 2.43. The lowest BCUT2D eigenvalue weighted by Gasteiger charge is -2.26. The molecular weight excluding hydrogens is 353 g/mol. The Morgan fingerprint density at radius 3 is 2.77 bits per heavy atom. The molecule has 1 aromatic rings. The zero-order valence-electron chi connectivity index (χ0n) is 13.7. The van der Waals surface area contributed by atoms with Gasteiger partial charge in [-0.3, -0.25) is 0 Å². The number of halogens is 3. The van der Waals surface area contributed by atoms with Crippen LogP contribution in [0.1, 0.15) is 30.4 Å². The zero-order valence-corrected chi connectivity index (χ0v) is 13.7. The van der Waals surface area contributed by atoms with Crippen LogP contribution in [-0.2, 0) is 25.2 Å². The first-order valence-electron chi connectivity index (χ1n) is 7.89. The molecule has 1 heterocycles. The van der Waals surface area contributed by atoms with Crippen LogP contribution in [0, 0.1) is 0 Å². The van der Waals surface area contributed by atoms with E-state index in [0.717, 1.165) is 12.1 Å². The minimum Gasteiger partial charge on any atom is -0.511 e. The van der Waals surface area contributed by atoms with Crippen molar-refractivity contribution in [2.45, 2.75) is 25.4 Å². The molecule has 0 saturated carbocycles. The van der Waals surface area contributed by atoms with Gasteiger partial charge in [-0.25, -0.2) is 9.59 Å². The predicted molar refractivity (Wildman–Crippen MR) is 83.1 cm³/mol. The molecule has 3 rings (SSSR count). The third-order valence-electron chi connectivity index (χ3n) is 4.29. The number of aliphatic hydroxyl groups excluding tert-OH is 1. The maximum Gasteiger partial charge on any atom is 0.416 e. The standard InChI is InChI=1S/C18H15F3O5/c1-2-25-17(24)15-12(22)7-10-8-26-16(23)14(10)13(15)9-4-3-5-11(6-9)18(19,20)21/h3-6,13,22H,2,7-8H2,1H3. The highest BCUT2D eigenvalue weighted by Crippen LogP contribution is 2.45. The van der Waals surface area contributed by atoms with E-state index in [9.17, 15) is 27.9 Å². The minimum atomic E-state index is -4.59. The van der Waals surface area contributed by atoms with Crippen molar-refractivity contribution in [3.63, 3.8) is 0 Å². The SMILES string of the molecule is CCOC(=O)C1=C(O)CC2=C(C(=O)OC2)C1c1cccc(C(F)(F)F)c1. The lowest BCUT2D eigenvalue weighted by molar-refractivity contribution is -0.139. The van der Waals surface area contributed by atoms with Crippen molar-refractivity contribution in [2.24, 2.45) is 0 Å². The Bertz CT molecular complexity index is 835. The van der Waals surface area contributed by atoms with Crippen LogP contribution < -0.4 is 0 Å². The number of carbonyl (C=O) groups excluding carboxylic acids is 2. The van der Waals surface area contributed by atoms with E-state index >= 15 is 0 Å². The lowest BCUT2D eigenvalue weighted by Crippen LogP contribution is -2.24. The van der Waals surface area contributed by atoms with Gasteiger partial charge in [0, 0.05) is 6.42 Å². The van der Waals surface area contributed by atoms with Gasteiger partial charge in [0.1, 0.15) is 12.4 Å². The summed E-state index contributed by atoms with van der Waals surface area (Å²) in [5.41, 5.74) is -0.561. The van der Waals surface area contributed by atoms with Gasteiger partial charge in [-0.1, -0.05) is 18.2 Å². The van der Waals surface area contributed by atoms with Crippen LogP contribution in [0.15, 0.2) is 46.7 Å². The molecule has 26 heavy (non-hydrogen) atoms. The van der Waals surface area contributed by atoms with Crippen LogP contribution in [0.25, 0.3) is 0 Å². The molecule has 0 bridgehead atoms. The number of cyclic esters (lactones) is 1. The summed E-state index contributed by atoms with van der Waals surface area (Å²) in [6, 6.07) is 4.31. The summed E-state index contributed by atoms with van der Waals surface area (Å²) in [4.78, 5) is 24.5. The van der Waals surface area contributed by atoms with Gasteiger partial charge in [0.25, 0.3) is 0 Å². The highest BCUT2D eigenvalue weighted by molar-refractivity contribution is 6.01. The maximum absolute atomic E-state index is 13.1. The van der Waals surface area contributed by atoms with Crippen LogP contribution in [0.4, 0.5) is 13.2 Å². The third-order valence-corrected chi connectivity index (χ3v) is 4.29. The molecule has 1 N–H and O–H groups in total. The van der Waals surface area contributed by atoms with Crippen molar-refractivity contribution >= 4 is 11.9 Å². The molecule has 1 aromatic carbocycles. The second-order valence-electron chi connectivity index (χ2n) is 5.91. The van der Waals surface area contributed by atoms with Gasteiger partial charge < -0.3 is 14.6 Å². The maximum atomic E-state index is 13.1. The van der Waals surface area contributed by atoms with Crippen LogP contribution in [0.2, 0.25) is 0 Å². The lowest BCUT2D eigenvalue weighted by atomic mass is 9.77. The van der Waals surface area contributed by atoms with E-state index in [1.54, 1.807) is 6.92 Å². The fourth-order valence-electron chi connectivity index (χ4n) is 3.20. The molecule has 5 nitrogen and oxygen atoms in total. The molecule has 0 aromatic heterocycles. The molecular formula is C18H15F3O5. The van der Waals surface area contributed by atoms with E-state index in [0.29, 0.717) is 5.57 Å². The summed E-state index contributed by atoms with van der Waals surface area (Å²) in [6.07, 6.45) is -4.67. The van der Waals surface area contributed by atoms with E-state index in [4.69, 9.17) is 9.47 Å². The first-order valence-corrected chi connectivity index (χ1v) is 7.89. The minimum absolute atomic E-state index is 0.0152. The average molecular weight is 368 g/mol. The van der Waals surface area contributed by atoms with Crippen molar-refractivity contribution in [2.75, 3.05) is 13.2 Å². The van der Waals surface area contributed by atoms with Gasteiger partial charge >= 0.3 is 18.1 Å². The molecule has 0 amide bonds. The largest absolute Gasteiger partial charge is 0.511 e. The molecule has 0 saturated heterocycles. The summed E-state index contributed by atoms with van der Waals surface area (Å²) in [5, 5.41) is 10.3. The second kappa shape index (κ2) is 6.51. The topological polar surface area (TPSA) is 72.8 Å². The Kier molecular flexibility index (Phi) is 4.52. The first kappa shape index (κ1) is 18.0. The Labute approximate surface area is 146 Å². The molecule has 138 valence electrons. The molecule has 1 aliphatic carbocycles. The highest BCUT2D eigenvalue weighted by atomic mass is 19.4. The Morgan fingerprint density at radius 1 is 1.38 bits per heavy atom. The summed E-state index contributed by atoms with van der Waals surface area (Å²) >= 11 is 0. The number of esters is 2. The monoisotopic (exact) mass is 368 g/mol. The van der Waals surface area contributed by atoms with Gasteiger partial charge in [0.05, 0.1) is 29.2 Å². The van der Waals surface area contributed by atoms with Crippen LogP contribution in [0.3, 0.4) is 0 Å². The fraction of sp³-hybridized carbons (Fsp3) is 0.333. The Balaban J connectivity index is 2.16.